The van der Waals surface area contributed by atoms with Crippen molar-refractivity contribution in [1.82, 2.24) is 0 Å². The lowest BCUT2D eigenvalue weighted by Crippen LogP contribution is -1.79. The molecule has 47 heavy (non-hydrogen) atoms. The second kappa shape index (κ2) is 23.5. The van der Waals surface area contributed by atoms with Crippen molar-refractivity contribution in [3.8, 4) is 0 Å². The van der Waals surface area contributed by atoms with Gasteiger partial charge in [0, 0.05) is 48.3 Å². The lowest BCUT2D eigenvalue weighted by Gasteiger charge is -1.98. The first-order chi connectivity index (χ1) is 21.8. The van der Waals surface area contributed by atoms with Crippen LogP contribution in [0.25, 0.3) is 10.1 Å². The van der Waals surface area contributed by atoms with Gasteiger partial charge in [-0.1, -0.05) is 55.5 Å². The second-order valence-electron chi connectivity index (χ2n) is 10.6. The van der Waals surface area contributed by atoms with Gasteiger partial charge in [-0.05, 0) is 164 Å². The fourth-order valence-corrected chi connectivity index (χ4v) is 8.45. The molecule has 0 aliphatic carbocycles. The molecule has 5 heterocycles. The van der Waals surface area contributed by atoms with Crippen LogP contribution in [0.5, 0.6) is 0 Å². The fourth-order valence-electron chi connectivity index (χ4n) is 3.70. The van der Waals surface area contributed by atoms with Gasteiger partial charge in [-0.3, -0.25) is 0 Å². The van der Waals surface area contributed by atoms with Crippen LogP contribution in [0.4, 0.5) is 0 Å². The molecule has 252 valence electrons. The van der Waals surface area contributed by atoms with E-state index >= 15 is 0 Å². The van der Waals surface area contributed by atoms with E-state index in [1.54, 1.807) is 34.0 Å². The van der Waals surface area contributed by atoms with Crippen molar-refractivity contribution < 1.29 is 0 Å². The molecule has 7 heteroatoms. The van der Waals surface area contributed by atoms with E-state index in [1.165, 1.54) is 65.0 Å². The van der Waals surface area contributed by atoms with E-state index in [4.69, 9.17) is 0 Å². The maximum Gasteiger partial charge on any atom is 0.0345 e. The third-order valence-corrected chi connectivity index (χ3v) is 12.6. The van der Waals surface area contributed by atoms with E-state index in [9.17, 15) is 0 Å². The lowest BCUT2D eigenvalue weighted by molar-refractivity contribution is 1.30. The first-order valence-corrected chi connectivity index (χ1v) is 20.6. The van der Waals surface area contributed by atoms with Crippen LogP contribution in [0.15, 0.2) is 110 Å². The minimum Gasteiger partial charge on any atom is -0.149 e. The summed E-state index contributed by atoms with van der Waals surface area (Å²) in [5.41, 5.74) is 4.11. The summed E-state index contributed by atoms with van der Waals surface area (Å²) in [6, 6.07) is 29.8. The number of rotatable bonds is 0. The molecule has 5 aromatic heterocycles. The molecule has 0 saturated carbocycles. The van der Waals surface area contributed by atoms with Gasteiger partial charge in [0.15, 0.2) is 0 Å². The molecule has 0 spiro atoms. The van der Waals surface area contributed by atoms with Crippen molar-refractivity contribution in [3.05, 3.63) is 156 Å². The molecule has 0 N–H and O–H groups in total. The van der Waals surface area contributed by atoms with Crippen LogP contribution in [-0.4, -0.2) is 0 Å². The molecule has 7 rings (SSSR count). The number of hydrogen-bond donors (Lipinski definition) is 0. The first kappa shape index (κ1) is 43.2. The van der Waals surface area contributed by atoms with Crippen molar-refractivity contribution in [3.63, 3.8) is 0 Å². The summed E-state index contributed by atoms with van der Waals surface area (Å²) >= 11 is 15.7. The average Bonchev–Trinajstić information content (AvgIpc) is 3.85. The molecule has 0 saturated heterocycles. The van der Waals surface area contributed by atoms with Crippen molar-refractivity contribution >= 4 is 98.6 Å². The highest BCUT2D eigenvalue weighted by Gasteiger charge is 1.94. The molecule has 0 nitrogen and oxygen atoms in total. The maximum absolute atomic E-state index is 3.38. The summed E-state index contributed by atoms with van der Waals surface area (Å²) in [5, 5.41) is 7.59. The summed E-state index contributed by atoms with van der Waals surface area (Å²) in [4.78, 5) is 8.28. The van der Waals surface area contributed by atoms with E-state index in [0.29, 0.717) is 0 Å². The Morgan fingerprint density at radius 3 is 1.51 bits per heavy atom. The number of aryl methyl sites for hydroxylation is 9. The Morgan fingerprint density at radius 2 is 1.17 bits per heavy atom. The summed E-state index contributed by atoms with van der Waals surface area (Å²) in [5.74, 6) is 0. The Morgan fingerprint density at radius 1 is 0.489 bits per heavy atom. The molecule has 0 amide bonds. The smallest absolute Gasteiger partial charge is 0.0345 e. The average molecular weight is 849 g/mol. The van der Waals surface area contributed by atoms with Crippen molar-refractivity contribution in [1.29, 1.82) is 0 Å². The van der Waals surface area contributed by atoms with Gasteiger partial charge in [0.25, 0.3) is 0 Å². The Bertz CT molecular complexity index is 1700. The van der Waals surface area contributed by atoms with Gasteiger partial charge < -0.3 is 0 Å². The van der Waals surface area contributed by atoms with Crippen LogP contribution in [0.2, 0.25) is 0 Å². The van der Waals surface area contributed by atoms with Crippen LogP contribution in [0, 0.1) is 62.3 Å². The highest BCUT2D eigenvalue weighted by Crippen LogP contribution is 2.24. The van der Waals surface area contributed by atoms with Crippen LogP contribution in [0.1, 0.15) is 53.4 Å². The van der Waals surface area contributed by atoms with E-state index in [1.807, 2.05) is 22.7 Å². The minimum atomic E-state index is 0. The topological polar surface area (TPSA) is 0 Å². The predicted octanol–water partition coefficient (Wildman–Crippen LogP) is 16.5. The van der Waals surface area contributed by atoms with Gasteiger partial charge in [-0.15, -0.1) is 56.7 Å². The Labute approximate surface area is 321 Å². The number of thiophene rings is 5. The minimum absolute atomic E-state index is 0. The molecule has 0 aliphatic heterocycles. The monoisotopic (exact) mass is 846 g/mol. The fraction of sp³-hybridized carbons (Fsp3) is 0.250. The van der Waals surface area contributed by atoms with Gasteiger partial charge in [0.05, 0.1) is 0 Å². The Hall–Kier alpha value is -1.84. The third-order valence-electron chi connectivity index (χ3n) is 6.24. The maximum atomic E-state index is 3.38. The largest absolute Gasteiger partial charge is 0.149 e. The number of halogens is 2. The van der Waals surface area contributed by atoms with Gasteiger partial charge in [0.2, 0.25) is 0 Å². The van der Waals surface area contributed by atoms with Gasteiger partial charge in [-0.25, -0.2) is 0 Å². The van der Waals surface area contributed by atoms with Crippen LogP contribution in [-0.2, 0) is 0 Å². The lowest BCUT2D eigenvalue weighted by atomic mass is 10.1. The van der Waals surface area contributed by atoms with Crippen molar-refractivity contribution in [2.24, 2.45) is 0 Å². The Kier molecular flexibility index (Phi) is 21.6. The quantitative estimate of drug-likeness (QED) is 0.143. The molecule has 0 atom stereocenters. The zero-order chi connectivity index (χ0) is 34.1. The molecule has 0 aliphatic rings. The van der Waals surface area contributed by atoms with Gasteiger partial charge in [0.1, 0.15) is 0 Å². The normalized spacial score (nSPS) is 9.43. The third kappa shape index (κ3) is 18.5. The summed E-state index contributed by atoms with van der Waals surface area (Å²) in [6.07, 6.45) is 0. The number of benzene rings is 2. The molecule has 0 unspecified atom stereocenters. The van der Waals surface area contributed by atoms with E-state index in [-0.39, 0.29) is 7.43 Å². The van der Waals surface area contributed by atoms with Crippen molar-refractivity contribution in [2.45, 2.75) is 69.7 Å². The SMILES string of the molecule is C.Cc1cc(Br)cs1.Cc1cc2ccccc2s1.Cc1ccc(C)c(C)c1.Cc1ccc(C)s1.Cc1cccs1.Cc1sccc1Br. The highest BCUT2D eigenvalue weighted by molar-refractivity contribution is 9.10. The zero-order valence-corrected chi connectivity index (χ0v) is 35.4. The molecule has 0 fully saturated rings. The molecular weight excluding hydrogens is 801 g/mol. The number of fused-ring (bicyclic) bond motifs is 1. The van der Waals surface area contributed by atoms with Gasteiger partial charge >= 0.3 is 0 Å². The van der Waals surface area contributed by atoms with E-state index in [0.717, 1.165) is 0 Å². The van der Waals surface area contributed by atoms with Gasteiger partial charge in [-0.2, -0.15) is 0 Å². The molecule has 0 radical (unpaired) electrons. The van der Waals surface area contributed by atoms with Crippen LogP contribution in [0.3, 0.4) is 0 Å². The summed E-state index contributed by atoms with van der Waals surface area (Å²) in [6.45, 7) is 19.1. The standard InChI is InChI=1S/C9H8S.C9H12.C6H8S.2C5H5BrS.C5H6S.CH4/c1-7-6-8-4-2-3-5-9(8)10-7;1-7-4-5-8(2)9(3)6-7;1-5-3-4-6(2)7-5;1-4-2-5(6)3-7-4;1-4-5(6)2-3-7-4;1-5-3-2-4-6-5;/h2-6H,1H3;4-6H,1-3H3;3-4H,1-2H3;2*2-3H,1H3;2-4H,1H3;1H4. The van der Waals surface area contributed by atoms with E-state index in [2.05, 4.69) is 195 Å². The first-order valence-electron chi connectivity index (χ1n) is 14.8. The zero-order valence-electron chi connectivity index (χ0n) is 28.1. The molecule has 7 aromatic rings. The molecule has 2 aromatic carbocycles. The van der Waals surface area contributed by atoms with Crippen molar-refractivity contribution in [2.75, 3.05) is 0 Å². The second-order valence-corrected chi connectivity index (χ2v) is 18.5. The Balaban J connectivity index is 0.000000283. The van der Waals surface area contributed by atoms with E-state index < -0.39 is 0 Å². The summed E-state index contributed by atoms with van der Waals surface area (Å²) in [7, 11) is 0. The number of hydrogen-bond acceptors (Lipinski definition) is 5. The highest BCUT2D eigenvalue weighted by atomic mass is 79.9. The molecule has 0 bridgehead atoms. The predicted molar refractivity (Wildman–Crippen MR) is 230 cm³/mol. The summed E-state index contributed by atoms with van der Waals surface area (Å²) < 4.78 is 3.80. The van der Waals surface area contributed by atoms with Crippen LogP contribution >= 0.6 is 88.5 Å². The van der Waals surface area contributed by atoms with Crippen LogP contribution < -0.4 is 0 Å². The molecular formula is C40H48Br2S5.